The van der Waals surface area contributed by atoms with Gasteiger partial charge in [-0.25, -0.2) is 0 Å². The Morgan fingerprint density at radius 3 is 2.10 bits per heavy atom. The van der Waals surface area contributed by atoms with Crippen LogP contribution in [0.5, 0.6) is 0 Å². The Hall–Kier alpha value is -0.500. The molecule has 0 atom stereocenters. The number of aryl methyl sites for hydroxylation is 1. The number of hydrogen-bond donors (Lipinski definition) is 1. The van der Waals surface area contributed by atoms with Gasteiger partial charge in [0.1, 0.15) is 0 Å². The van der Waals surface area contributed by atoms with Crippen molar-refractivity contribution in [3.05, 3.63) is 28.2 Å². The molecule has 0 bridgehead atoms. The van der Waals surface area contributed by atoms with Gasteiger partial charge in [0.05, 0.1) is 0 Å². The van der Waals surface area contributed by atoms with E-state index in [-0.39, 0.29) is 0 Å². The van der Waals surface area contributed by atoms with Crippen molar-refractivity contribution < 1.29 is 0 Å². The number of halogens is 1. The minimum atomic E-state index is 1.10. The molecule has 1 aromatic rings. The average Bonchev–Trinajstić information content (AvgIpc) is 2.43. The second-order valence-electron chi connectivity index (χ2n) is 5.71. The first kappa shape index (κ1) is 17.6. The van der Waals surface area contributed by atoms with Crippen LogP contribution in [0.4, 0.5) is 5.69 Å². The first-order valence-electron chi connectivity index (χ1n) is 8.24. The molecule has 2 heteroatoms. The van der Waals surface area contributed by atoms with Crippen LogP contribution >= 0.6 is 15.9 Å². The zero-order chi connectivity index (χ0) is 14.6. The summed E-state index contributed by atoms with van der Waals surface area (Å²) < 4.78 is 1.16. The first-order valence-corrected chi connectivity index (χ1v) is 9.03. The number of nitrogens with one attached hydrogen (secondary N) is 1. The highest BCUT2D eigenvalue weighted by molar-refractivity contribution is 9.10. The molecule has 1 aromatic carbocycles. The van der Waals surface area contributed by atoms with E-state index in [0.29, 0.717) is 0 Å². The van der Waals surface area contributed by atoms with Crippen LogP contribution in [0.25, 0.3) is 0 Å². The fourth-order valence-electron chi connectivity index (χ4n) is 2.48. The third kappa shape index (κ3) is 7.94. The lowest BCUT2D eigenvalue weighted by Gasteiger charge is -2.09. The van der Waals surface area contributed by atoms with Gasteiger partial charge in [0.2, 0.25) is 0 Å². The van der Waals surface area contributed by atoms with Crippen molar-refractivity contribution in [1.29, 1.82) is 0 Å². The predicted molar refractivity (Wildman–Crippen MR) is 94.6 cm³/mol. The van der Waals surface area contributed by atoms with E-state index in [1.54, 1.807) is 0 Å². The van der Waals surface area contributed by atoms with Gasteiger partial charge in [-0.1, -0.05) is 74.2 Å². The third-order valence-electron chi connectivity index (χ3n) is 3.78. The van der Waals surface area contributed by atoms with E-state index in [4.69, 9.17) is 0 Å². The number of hydrogen-bond acceptors (Lipinski definition) is 1. The molecule has 0 aliphatic rings. The summed E-state index contributed by atoms with van der Waals surface area (Å²) in [7, 11) is 0. The molecule has 0 saturated carbocycles. The zero-order valence-corrected chi connectivity index (χ0v) is 14.8. The van der Waals surface area contributed by atoms with Crippen molar-refractivity contribution in [3.63, 3.8) is 0 Å². The van der Waals surface area contributed by atoms with E-state index in [1.165, 1.54) is 69.0 Å². The first-order chi connectivity index (χ1) is 9.74. The number of rotatable bonds is 11. The summed E-state index contributed by atoms with van der Waals surface area (Å²) in [6.45, 7) is 5.53. The average molecular weight is 340 g/mol. The summed E-state index contributed by atoms with van der Waals surface area (Å²) in [4.78, 5) is 0. The Balaban J connectivity index is 1.97. The maximum absolute atomic E-state index is 3.54. The lowest BCUT2D eigenvalue weighted by molar-refractivity contribution is 0.569. The predicted octanol–water partition coefficient (Wildman–Crippen LogP) is 6.70. The maximum Gasteiger partial charge on any atom is 0.0370 e. The van der Waals surface area contributed by atoms with Gasteiger partial charge in [0.15, 0.2) is 0 Å². The summed E-state index contributed by atoms with van der Waals surface area (Å²) in [5, 5.41) is 3.54. The zero-order valence-electron chi connectivity index (χ0n) is 13.2. The van der Waals surface area contributed by atoms with E-state index < -0.39 is 0 Å². The van der Waals surface area contributed by atoms with Crippen molar-refractivity contribution in [3.8, 4) is 0 Å². The molecule has 20 heavy (non-hydrogen) atoms. The fourth-order valence-corrected chi connectivity index (χ4v) is 2.96. The maximum atomic E-state index is 3.54. The summed E-state index contributed by atoms with van der Waals surface area (Å²) in [5.74, 6) is 0. The Labute approximate surface area is 133 Å². The number of benzene rings is 1. The van der Waals surface area contributed by atoms with E-state index in [1.807, 2.05) is 0 Å². The molecule has 114 valence electrons. The topological polar surface area (TPSA) is 12.0 Å². The summed E-state index contributed by atoms with van der Waals surface area (Å²) in [6.07, 6.45) is 12.5. The van der Waals surface area contributed by atoms with Gasteiger partial charge >= 0.3 is 0 Å². The second kappa shape index (κ2) is 11.2. The van der Waals surface area contributed by atoms with Crippen LogP contribution < -0.4 is 5.32 Å². The SMILES string of the molecule is CCCCCCCCCCCNc1ccc(Br)cc1C. The van der Waals surface area contributed by atoms with Gasteiger partial charge in [-0.15, -0.1) is 0 Å². The number of unbranched alkanes of at least 4 members (excludes halogenated alkanes) is 8. The highest BCUT2D eigenvalue weighted by Crippen LogP contribution is 2.20. The van der Waals surface area contributed by atoms with Crippen LogP contribution in [-0.4, -0.2) is 6.54 Å². The standard InChI is InChI=1S/C18H30BrN/c1-3-4-5-6-7-8-9-10-11-14-20-18-13-12-17(19)15-16(18)2/h12-13,15,20H,3-11,14H2,1-2H3. The minimum absolute atomic E-state index is 1.10. The molecular formula is C18H30BrN. The normalized spacial score (nSPS) is 10.8. The molecule has 0 spiro atoms. The smallest absolute Gasteiger partial charge is 0.0370 e. The van der Waals surface area contributed by atoms with E-state index in [2.05, 4.69) is 53.3 Å². The molecule has 0 saturated heterocycles. The van der Waals surface area contributed by atoms with Gasteiger partial charge in [0, 0.05) is 16.7 Å². The van der Waals surface area contributed by atoms with Crippen molar-refractivity contribution in [2.45, 2.75) is 71.6 Å². The lowest BCUT2D eigenvalue weighted by Crippen LogP contribution is -2.02. The lowest BCUT2D eigenvalue weighted by atomic mass is 10.1. The molecule has 1 N–H and O–H groups in total. The molecule has 0 fully saturated rings. The molecule has 0 radical (unpaired) electrons. The summed E-state index contributed by atoms with van der Waals surface area (Å²) >= 11 is 3.50. The molecule has 0 aliphatic carbocycles. The molecule has 0 heterocycles. The van der Waals surface area contributed by atoms with Gasteiger partial charge in [-0.3, -0.25) is 0 Å². The molecule has 0 aliphatic heterocycles. The Morgan fingerprint density at radius 1 is 0.900 bits per heavy atom. The van der Waals surface area contributed by atoms with Gasteiger partial charge in [-0.2, -0.15) is 0 Å². The van der Waals surface area contributed by atoms with Gasteiger partial charge in [-0.05, 0) is 37.1 Å². The monoisotopic (exact) mass is 339 g/mol. The molecule has 1 rings (SSSR count). The van der Waals surface area contributed by atoms with Crippen LogP contribution in [0.3, 0.4) is 0 Å². The van der Waals surface area contributed by atoms with Crippen molar-refractivity contribution in [2.75, 3.05) is 11.9 Å². The Kier molecular flexibility index (Phi) is 9.82. The Morgan fingerprint density at radius 2 is 1.50 bits per heavy atom. The third-order valence-corrected chi connectivity index (χ3v) is 4.28. The molecule has 0 aromatic heterocycles. The highest BCUT2D eigenvalue weighted by Gasteiger charge is 1.98. The highest BCUT2D eigenvalue weighted by atomic mass is 79.9. The summed E-state index contributed by atoms with van der Waals surface area (Å²) in [6, 6.07) is 6.43. The minimum Gasteiger partial charge on any atom is -0.385 e. The van der Waals surface area contributed by atoms with Crippen LogP contribution in [0.2, 0.25) is 0 Å². The van der Waals surface area contributed by atoms with E-state index in [9.17, 15) is 0 Å². The van der Waals surface area contributed by atoms with Crippen LogP contribution in [0.15, 0.2) is 22.7 Å². The fraction of sp³-hybridized carbons (Fsp3) is 0.667. The largest absolute Gasteiger partial charge is 0.385 e. The molecule has 0 amide bonds. The number of anilines is 1. The van der Waals surface area contributed by atoms with E-state index in [0.717, 1.165) is 11.0 Å². The van der Waals surface area contributed by atoms with Crippen LogP contribution in [-0.2, 0) is 0 Å². The van der Waals surface area contributed by atoms with Crippen molar-refractivity contribution in [2.24, 2.45) is 0 Å². The summed E-state index contributed by atoms with van der Waals surface area (Å²) in [5.41, 5.74) is 2.59. The van der Waals surface area contributed by atoms with Crippen molar-refractivity contribution >= 4 is 21.6 Å². The molecule has 0 unspecified atom stereocenters. The Bertz CT molecular complexity index is 362. The van der Waals surface area contributed by atoms with E-state index >= 15 is 0 Å². The van der Waals surface area contributed by atoms with Crippen molar-refractivity contribution in [1.82, 2.24) is 0 Å². The molecule has 1 nitrogen and oxygen atoms in total. The second-order valence-corrected chi connectivity index (χ2v) is 6.63. The molecular weight excluding hydrogens is 310 g/mol. The van der Waals surface area contributed by atoms with Crippen LogP contribution in [0, 0.1) is 6.92 Å². The van der Waals surface area contributed by atoms with Gasteiger partial charge in [0.25, 0.3) is 0 Å². The quantitative estimate of drug-likeness (QED) is 0.442. The van der Waals surface area contributed by atoms with Crippen LogP contribution in [0.1, 0.15) is 70.3 Å². The van der Waals surface area contributed by atoms with Gasteiger partial charge < -0.3 is 5.32 Å².